The van der Waals surface area contributed by atoms with E-state index < -0.39 is 12.5 Å². The Morgan fingerprint density at radius 3 is 2.55 bits per heavy atom. The van der Waals surface area contributed by atoms with Gasteiger partial charge in [-0.2, -0.15) is 0 Å². The van der Waals surface area contributed by atoms with E-state index >= 15 is 0 Å². The number of alkyl halides is 1. The van der Waals surface area contributed by atoms with E-state index in [9.17, 15) is 8.78 Å². The fourth-order valence-corrected chi connectivity index (χ4v) is 1.40. The molecule has 0 aliphatic rings. The van der Waals surface area contributed by atoms with Crippen molar-refractivity contribution in [3.05, 3.63) is 33.5 Å². The lowest BCUT2D eigenvalue weighted by atomic mass is 10.1. The van der Waals surface area contributed by atoms with Crippen LogP contribution in [0.2, 0.25) is 0 Å². The standard InChI is InChI=1S/C8H7BrF2/c1-5-2-3-7(11)8(9)6(5)4-10/h2-3H,4H2,1H3. The first-order valence-corrected chi connectivity index (χ1v) is 3.95. The molecule has 0 spiro atoms. The van der Waals surface area contributed by atoms with Gasteiger partial charge in [-0.1, -0.05) is 6.07 Å². The van der Waals surface area contributed by atoms with Crippen LogP contribution in [0.1, 0.15) is 11.1 Å². The smallest absolute Gasteiger partial charge is 0.137 e. The highest BCUT2D eigenvalue weighted by atomic mass is 79.9. The highest BCUT2D eigenvalue weighted by Crippen LogP contribution is 2.24. The third kappa shape index (κ3) is 1.59. The van der Waals surface area contributed by atoms with Crippen LogP contribution in [0.5, 0.6) is 0 Å². The maximum absolute atomic E-state index is 12.7. The van der Waals surface area contributed by atoms with Crippen LogP contribution in [0.4, 0.5) is 8.78 Å². The van der Waals surface area contributed by atoms with E-state index in [4.69, 9.17) is 0 Å². The summed E-state index contributed by atoms with van der Waals surface area (Å²) in [5.41, 5.74) is 1.16. The summed E-state index contributed by atoms with van der Waals surface area (Å²) < 4.78 is 25.2. The van der Waals surface area contributed by atoms with Gasteiger partial charge in [0.1, 0.15) is 12.5 Å². The molecule has 60 valence electrons. The van der Waals surface area contributed by atoms with Crippen molar-refractivity contribution in [2.24, 2.45) is 0 Å². The number of halogens is 3. The first-order valence-electron chi connectivity index (χ1n) is 3.16. The molecule has 0 N–H and O–H groups in total. The first kappa shape index (κ1) is 8.65. The van der Waals surface area contributed by atoms with Crippen LogP contribution in [0.25, 0.3) is 0 Å². The third-order valence-corrected chi connectivity index (χ3v) is 2.42. The maximum atomic E-state index is 12.7. The van der Waals surface area contributed by atoms with E-state index in [1.54, 1.807) is 13.0 Å². The molecule has 0 unspecified atom stereocenters. The Balaban J connectivity index is 3.29. The molecule has 1 aromatic rings. The summed E-state index contributed by atoms with van der Waals surface area (Å²) in [4.78, 5) is 0. The molecule has 0 amide bonds. The van der Waals surface area contributed by atoms with E-state index in [0.29, 0.717) is 5.56 Å². The Labute approximate surface area is 72.4 Å². The van der Waals surface area contributed by atoms with Gasteiger partial charge < -0.3 is 0 Å². The molecule has 0 saturated heterocycles. The van der Waals surface area contributed by atoms with Crippen LogP contribution >= 0.6 is 15.9 Å². The van der Waals surface area contributed by atoms with Gasteiger partial charge in [0.2, 0.25) is 0 Å². The number of aryl methyl sites for hydroxylation is 1. The summed E-state index contributed by atoms with van der Waals surface area (Å²) in [5, 5.41) is 0. The molecule has 0 aliphatic heterocycles. The molecule has 0 atom stereocenters. The first-order chi connectivity index (χ1) is 5.16. The number of hydrogen-bond acceptors (Lipinski definition) is 0. The van der Waals surface area contributed by atoms with Gasteiger partial charge in [0.05, 0.1) is 4.47 Å². The van der Waals surface area contributed by atoms with Gasteiger partial charge in [0.15, 0.2) is 0 Å². The van der Waals surface area contributed by atoms with Gasteiger partial charge in [0, 0.05) is 5.56 Å². The van der Waals surface area contributed by atoms with E-state index in [1.165, 1.54) is 6.07 Å². The molecule has 0 nitrogen and oxygen atoms in total. The summed E-state index contributed by atoms with van der Waals surface area (Å²) in [6.07, 6.45) is 0. The average molecular weight is 221 g/mol. The lowest BCUT2D eigenvalue weighted by molar-refractivity contribution is 0.478. The molecule has 0 bridgehead atoms. The summed E-state index contributed by atoms with van der Waals surface area (Å²) in [6, 6.07) is 2.88. The van der Waals surface area contributed by atoms with E-state index in [-0.39, 0.29) is 4.47 Å². The topological polar surface area (TPSA) is 0 Å². The molecule has 0 heterocycles. The van der Waals surface area contributed by atoms with Crippen LogP contribution in [0.3, 0.4) is 0 Å². The van der Waals surface area contributed by atoms with Gasteiger partial charge >= 0.3 is 0 Å². The zero-order valence-corrected chi connectivity index (χ0v) is 7.58. The Kier molecular flexibility index (Phi) is 2.60. The molecule has 0 aliphatic carbocycles. The Bertz CT molecular complexity index is 271. The minimum absolute atomic E-state index is 0.236. The lowest BCUT2D eigenvalue weighted by Gasteiger charge is -2.03. The monoisotopic (exact) mass is 220 g/mol. The van der Waals surface area contributed by atoms with Crippen molar-refractivity contribution in [1.82, 2.24) is 0 Å². The van der Waals surface area contributed by atoms with E-state index in [0.717, 1.165) is 5.56 Å². The van der Waals surface area contributed by atoms with Gasteiger partial charge in [-0.15, -0.1) is 0 Å². The van der Waals surface area contributed by atoms with Crippen molar-refractivity contribution in [3.8, 4) is 0 Å². The minimum Gasteiger partial charge on any atom is -0.246 e. The molecule has 3 heteroatoms. The van der Waals surface area contributed by atoms with Crippen LogP contribution in [0.15, 0.2) is 16.6 Å². The molecular formula is C8H7BrF2. The van der Waals surface area contributed by atoms with Crippen LogP contribution in [0, 0.1) is 12.7 Å². The molecular weight excluding hydrogens is 214 g/mol. The van der Waals surface area contributed by atoms with Crippen molar-refractivity contribution in [2.75, 3.05) is 0 Å². The largest absolute Gasteiger partial charge is 0.246 e. The molecule has 0 aromatic heterocycles. The molecule has 1 aromatic carbocycles. The number of rotatable bonds is 1. The highest BCUT2D eigenvalue weighted by molar-refractivity contribution is 9.10. The van der Waals surface area contributed by atoms with E-state index in [1.807, 2.05) is 0 Å². The molecule has 0 radical (unpaired) electrons. The summed E-state index contributed by atoms with van der Waals surface area (Å²) in [5.74, 6) is -0.414. The van der Waals surface area contributed by atoms with Crippen molar-refractivity contribution in [2.45, 2.75) is 13.6 Å². The van der Waals surface area contributed by atoms with Gasteiger partial charge in [0.25, 0.3) is 0 Å². The zero-order chi connectivity index (χ0) is 8.43. The normalized spacial score (nSPS) is 10.2. The lowest BCUT2D eigenvalue weighted by Crippen LogP contribution is -1.90. The highest BCUT2D eigenvalue weighted by Gasteiger charge is 2.07. The minimum atomic E-state index is -0.635. The van der Waals surface area contributed by atoms with Crippen LogP contribution in [-0.2, 0) is 6.67 Å². The summed E-state index contributed by atoms with van der Waals surface area (Å²) >= 11 is 2.98. The molecule has 1 rings (SSSR count). The summed E-state index contributed by atoms with van der Waals surface area (Å²) in [6.45, 7) is 1.11. The predicted octanol–water partition coefficient (Wildman–Crippen LogP) is 3.37. The molecule has 0 saturated carbocycles. The Morgan fingerprint density at radius 2 is 2.09 bits per heavy atom. The second-order valence-corrected chi connectivity index (χ2v) is 3.08. The Morgan fingerprint density at radius 1 is 1.45 bits per heavy atom. The second-order valence-electron chi connectivity index (χ2n) is 2.29. The summed E-state index contributed by atoms with van der Waals surface area (Å²) in [7, 11) is 0. The predicted molar refractivity (Wildman–Crippen MR) is 43.6 cm³/mol. The van der Waals surface area contributed by atoms with Crippen molar-refractivity contribution < 1.29 is 8.78 Å². The van der Waals surface area contributed by atoms with Gasteiger partial charge in [-0.3, -0.25) is 0 Å². The second kappa shape index (κ2) is 3.30. The van der Waals surface area contributed by atoms with Gasteiger partial charge in [-0.25, -0.2) is 8.78 Å². The van der Waals surface area contributed by atoms with Crippen molar-refractivity contribution in [3.63, 3.8) is 0 Å². The van der Waals surface area contributed by atoms with Gasteiger partial charge in [-0.05, 0) is 34.5 Å². The SMILES string of the molecule is Cc1ccc(F)c(Br)c1CF. The quantitative estimate of drug-likeness (QED) is 0.681. The van der Waals surface area contributed by atoms with Crippen LogP contribution < -0.4 is 0 Å². The average Bonchev–Trinajstić information content (AvgIpc) is 1.99. The van der Waals surface area contributed by atoms with Crippen LogP contribution in [-0.4, -0.2) is 0 Å². The fraction of sp³-hybridized carbons (Fsp3) is 0.250. The molecule has 11 heavy (non-hydrogen) atoms. The third-order valence-electron chi connectivity index (χ3n) is 1.56. The zero-order valence-electron chi connectivity index (χ0n) is 6.00. The molecule has 0 fully saturated rings. The number of benzene rings is 1. The van der Waals surface area contributed by atoms with E-state index in [2.05, 4.69) is 15.9 Å². The fourth-order valence-electron chi connectivity index (χ4n) is 0.853. The Hall–Kier alpha value is -0.440. The van der Waals surface area contributed by atoms with Crippen molar-refractivity contribution >= 4 is 15.9 Å². The maximum Gasteiger partial charge on any atom is 0.137 e. The van der Waals surface area contributed by atoms with Crippen molar-refractivity contribution in [1.29, 1.82) is 0 Å². The number of hydrogen-bond donors (Lipinski definition) is 0.